The summed E-state index contributed by atoms with van der Waals surface area (Å²) in [6.07, 6.45) is 7.60. The molecule has 7 nitrogen and oxygen atoms in total. The highest BCUT2D eigenvalue weighted by atomic mass is 35.5. The van der Waals surface area contributed by atoms with Gasteiger partial charge in [-0.1, -0.05) is 12.8 Å². The Morgan fingerprint density at radius 2 is 1.68 bits per heavy atom. The lowest BCUT2D eigenvalue weighted by Crippen LogP contribution is -2.50. The zero-order chi connectivity index (χ0) is 24.9. The Kier molecular flexibility index (Phi) is 9.93. The fraction of sp³-hybridized carbons (Fsp3) is 0.923. The molecule has 3 fully saturated rings. The molecule has 3 aliphatic rings. The number of halogens is 1. The Morgan fingerprint density at radius 3 is 2.29 bits per heavy atom. The molecule has 2 amide bonds. The minimum absolute atomic E-state index is 0.0895. The molecule has 2 aliphatic carbocycles. The number of hydrogen-bond acceptors (Lipinski definition) is 5. The average Bonchev–Trinajstić information content (AvgIpc) is 2.81. The molecule has 1 saturated heterocycles. The molecular formula is C26H45ClN2O5. The number of alkyl carbamates (subject to hydrolysis) is 1. The predicted molar refractivity (Wildman–Crippen MR) is 133 cm³/mol. The Morgan fingerprint density at radius 1 is 0.971 bits per heavy atom. The van der Waals surface area contributed by atoms with Crippen LogP contribution in [0.5, 0.6) is 0 Å². The minimum Gasteiger partial charge on any atom is -0.444 e. The van der Waals surface area contributed by atoms with Crippen molar-refractivity contribution in [1.29, 1.82) is 0 Å². The maximum absolute atomic E-state index is 13.3. The van der Waals surface area contributed by atoms with Crippen molar-refractivity contribution in [3.05, 3.63) is 0 Å². The van der Waals surface area contributed by atoms with Gasteiger partial charge in [-0.25, -0.2) is 4.79 Å². The molecule has 34 heavy (non-hydrogen) atoms. The first-order valence-electron chi connectivity index (χ1n) is 13.1. The van der Waals surface area contributed by atoms with Crippen LogP contribution in [0.2, 0.25) is 0 Å². The number of amides is 2. The number of alkyl halides is 1. The van der Waals surface area contributed by atoms with Gasteiger partial charge in [0, 0.05) is 39.8 Å². The standard InChI is InChI=1S/C26H45ClN2O5/c1-26(2,3)34-25(31)28-16-17-7-6-8-19(13-17)18-9-11-29(12-10-18)24(30)20-14-21(27)23(33-5)22(15-20)32-4/h17-23H,6-16H2,1-5H3,(H,28,31). The summed E-state index contributed by atoms with van der Waals surface area (Å²) < 4.78 is 16.5. The topological polar surface area (TPSA) is 77.1 Å². The van der Waals surface area contributed by atoms with Crippen molar-refractivity contribution in [1.82, 2.24) is 10.2 Å². The van der Waals surface area contributed by atoms with Gasteiger partial charge in [0.2, 0.25) is 5.91 Å². The van der Waals surface area contributed by atoms with Crippen molar-refractivity contribution in [2.75, 3.05) is 33.9 Å². The van der Waals surface area contributed by atoms with E-state index in [-0.39, 0.29) is 35.5 Å². The van der Waals surface area contributed by atoms with Gasteiger partial charge < -0.3 is 24.4 Å². The first kappa shape index (κ1) is 27.5. The molecule has 8 heteroatoms. The molecule has 3 rings (SSSR count). The number of likely N-dealkylation sites (tertiary alicyclic amines) is 1. The Labute approximate surface area is 210 Å². The van der Waals surface area contributed by atoms with E-state index in [4.69, 9.17) is 25.8 Å². The van der Waals surface area contributed by atoms with Crippen LogP contribution in [0.3, 0.4) is 0 Å². The molecule has 1 N–H and O–H groups in total. The average molecular weight is 501 g/mol. The van der Waals surface area contributed by atoms with E-state index in [1.165, 1.54) is 12.8 Å². The van der Waals surface area contributed by atoms with E-state index in [1.54, 1.807) is 14.2 Å². The van der Waals surface area contributed by atoms with E-state index in [0.717, 1.165) is 38.8 Å². The molecule has 6 unspecified atom stereocenters. The van der Waals surface area contributed by atoms with Gasteiger partial charge in [-0.2, -0.15) is 0 Å². The number of carbonyl (C=O) groups is 2. The zero-order valence-electron chi connectivity index (χ0n) is 21.7. The molecule has 0 spiro atoms. The summed E-state index contributed by atoms with van der Waals surface area (Å²) in [4.78, 5) is 27.3. The maximum atomic E-state index is 13.3. The SMILES string of the molecule is COC1CC(C(=O)N2CCC(C3CCCC(CNC(=O)OC(C)(C)C)C3)CC2)CC(Cl)C1OC. The van der Waals surface area contributed by atoms with Crippen LogP contribution in [0.15, 0.2) is 0 Å². The quantitative estimate of drug-likeness (QED) is 0.539. The molecule has 0 aromatic heterocycles. The molecule has 2 saturated carbocycles. The second-order valence-corrected chi connectivity index (χ2v) is 12.1. The van der Waals surface area contributed by atoms with Crippen molar-refractivity contribution in [2.45, 2.75) is 95.3 Å². The molecule has 6 atom stereocenters. The smallest absolute Gasteiger partial charge is 0.407 e. The first-order chi connectivity index (χ1) is 16.1. The third-order valence-corrected chi connectivity index (χ3v) is 8.38. The number of ether oxygens (including phenoxy) is 3. The Balaban J connectivity index is 1.44. The monoisotopic (exact) mass is 500 g/mol. The van der Waals surface area contributed by atoms with E-state index in [1.807, 2.05) is 20.8 Å². The van der Waals surface area contributed by atoms with Crippen LogP contribution in [0.25, 0.3) is 0 Å². The lowest BCUT2D eigenvalue weighted by Gasteiger charge is -2.42. The zero-order valence-corrected chi connectivity index (χ0v) is 22.4. The second kappa shape index (κ2) is 12.3. The van der Waals surface area contributed by atoms with Crippen LogP contribution in [0.4, 0.5) is 4.79 Å². The van der Waals surface area contributed by atoms with Crippen molar-refractivity contribution in [3.8, 4) is 0 Å². The third-order valence-electron chi connectivity index (χ3n) is 7.95. The van der Waals surface area contributed by atoms with Crippen molar-refractivity contribution < 1.29 is 23.8 Å². The highest BCUT2D eigenvalue weighted by molar-refractivity contribution is 6.21. The molecule has 1 aliphatic heterocycles. The van der Waals surface area contributed by atoms with E-state index < -0.39 is 5.60 Å². The largest absolute Gasteiger partial charge is 0.444 e. The van der Waals surface area contributed by atoms with Crippen LogP contribution in [-0.4, -0.2) is 73.9 Å². The summed E-state index contributed by atoms with van der Waals surface area (Å²) >= 11 is 6.54. The first-order valence-corrected chi connectivity index (χ1v) is 13.5. The summed E-state index contributed by atoms with van der Waals surface area (Å²) in [6.45, 7) is 8.00. The summed E-state index contributed by atoms with van der Waals surface area (Å²) in [5.41, 5.74) is -0.469. The maximum Gasteiger partial charge on any atom is 0.407 e. The van der Waals surface area contributed by atoms with Crippen LogP contribution in [0.1, 0.15) is 72.1 Å². The van der Waals surface area contributed by atoms with E-state index in [0.29, 0.717) is 37.1 Å². The van der Waals surface area contributed by atoms with Crippen LogP contribution >= 0.6 is 11.6 Å². The summed E-state index contributed by atoms with van der Waals surface area (Å²) in [6, 6.07) is 0. The number of hydrogen-bond donors (Lipinski definition) is 1. The van der Waals surface area contributed by atoms with Crippen molar-refractivity contribution >= 4 is 23.6 Å². The normalized spacial score (nSPS) is 33.4. The molecule has 0 aromatic rings. The van der Waals surface area contributed by atoms with Gasteiger partial charge in [0.25, 0.3) is 0 Å². The molecule has 196 valence electrons. The van der Waals surface area contributed by atoms with Gasteiger partial charge >= 0.3 is 6.09 Å². The van der Waals surface area contributed by atoms with Gasteiger partial charge in [-0.15, -0.1) is 11.6 Å². The number of rotatable bonds is 6. The highest BCUT2D eigenvalue weighted by Gasteiger charge is 2.42. The Bertz CT molecular complexity index is 677. The number of methoxy groups -OCH3 is 2. The van der Waals surface area contributed by atoms with Gasteiger partial charge in [0.15, 0.2) is 0 Å². The second-order valence-electron chi connectivity index (χ2n) is 11.5. The molecular weight excluding hydrogens is 456 g/mol. The minimum atomic E-state index is -0.469. The summed E-state index contributed by atoms with van der Waals surface area (Å²) in [5.74, 6) is 1.98. The lowest BCUT2D eigenvalue weighted by atomic mass is 9.72. The summed E-state index contributed by atoms with van der Waals surface area (Å²) in [7, 11) is 3.32. The number of nitrogens with one attached hydrogen (secondary N) is 1. The van der Waals surface area contributed by atoms with Crippen LogP contribution in [0, 0.1) is 23.7 Å². The third kappa shape index (κ3) is 7.47. The van der Waals surface area contributed by atoms with E-state index in [2.05, 4.69) is 10.2 Å². The number of piperidine rings is 1. The van der Waals surface area contributed by atoms with Crippen LogP contribution in [-0.2, 0) is 19.0 Å². The van der Waals surface area contributed by atoms with Gasteiger partial charge in [0.1, 0.15) is 5.60 Å². The fourth-order valence-electron chi connectivity index (χ4n) is 6.22. The molecule has 1 heterocycles. The number of nitrogens with zero attached hydrogens (tertiary/aromatic N) is 1. The van der Waals surface area contributed by atoms with Gasteiger partial charge in [-0.05, 0) is 77.0 Å². The molecule has 0 radical (unpaired) electrons. The molecule has 0 aromatic carbocycles. The summed E-state index contributed by atoms with van der Waals surface area (Å²) in [5, 5.41) is 2.76. The Hall–Kier alpha value is -1.05. The van der Waals surface area contributed by atoms with E-state index in [9.17, 15) is 9.59 Å². The van der Waals surface area contributed by atoms with Gasteiger partial charge in [0.05, 0.1) is 17.6 Å². The molecule has 0 bridgehead atoms. The number of carbonyl (C=O) groups excluding carboxylic acids is 2. The highest BCUT2D eigenvalue weighted by Crippen LogP contribution is 2.39. The lowest BCUT2D eigenvalue weighted by molar-refractivity contribution is -0.143. The van der Waals surface area contributed by atoms with E-state index >= 15 is 0 Å². The van der Waals surface area contributed by atoms with Crippen molar-refractivity contribution in [2.24, 2.45) is 23.7 Å². The predicted octanol–water partition coefficient (Wildman–Crippen LogP) is 4.60. The van der Waals surface area contributed by atoms with Gasteiger partial charge in [-0.3, -0.25) is 4.79 Å². The van der Waals surface area contributed by atoms with Crippen LogP contribution < -0.4 is 5.32 Å². The fourth-order valence-corrected chi connectivity index (χ4v) is 6.70. The van der Waals surface area contributed by atoms with Crippen molar-refractivity contribution in [3.63, 3.8) is 0 Å².